The first kappa shape index (κ1) is 23.4. The molecule has 9 heteroatoms. The normalized spacial score (nSPS) is 23.1. The van der Waals surface area contributed by atoms with Gasteiger partial charge in [0.25, 0.3) is 5.91 Å². The Morgan fingerprint density at radius 3 is 2.12 bits per heavy atom. The molecule has 2 saturated heterocycles. The molecule has 2 heterocycles. The van der Waals surface area contributed by atoms with Crippen LogP contribution < -0.4 is 4.90 Å². The number of likely N-dealkylation sites (tertiary alicyclic amines) is 1. The second-order valence-electron chi connectivity index (χ2n) is 8.58. The average Bonchev–Trinajstić information content (AvgIpc) is 3.05. The highest BCUT2D eigenvalue weighted by atomic mass is 32.2. The monoisotopic (exact) mass is 471 g/mol. The fraction of sp³-hybridized carbons (Fsp3) is 0.417. The van der Waals surface area contributed by atoms with Crippen LogP contribution in [0.25, 0.3) is 0 Å². The van der Waals surface area contributed by atoms with Crippen molar-refractivity contribution in [3.63, 3.8) is 0 Å². The van der Waals surface area contributed by atoms with E-state index < -0.39 is 27.6 Å². The van der Waals surface area contributed by atoms with Crippen LogP contribution in [0.3, 0.4) is 0 Å². The van der Waals surface area contributed by atoms with E-state index in [1.165, 1.54) is 11.4 Å². The lowest BCUT2D eigenvalue weighted by Gasteiger charge is -2.46. The summed E-state index contributed by atoms with van der Waals surface area (Å²) in [6, 6.07) is 17.6. The first-order chi connectivity index (χ1) is 15.7. The number of ether oxygens (including phenoxy) is 1. The van der Waals surface area contributed by atoms with E-state index >= 15 is 0 Å². The highest BCUT2D eigenvalue weighted by Crippen LogP contribution is 2.45. The molecule has 2 aromatic carbocycles. The van der Waals surface area contributed by atoms with Crippen molar-refractivity contribution in [3.8, 4) is 0 Å². The van der Waals surface area contributed by atoms with Crippen molar-refractivity contribution in [2.45, 2.75) is 29.4 Å². The second kappa shape index (κ2) is 8.89. The van der Waals surface area contributed by atoms with Crippen LogP contribution in [0.1, 0.15) is 12.8 Å². The van der Waals surface area contributed by atoms with Crippen molar-refractivity contribution >= 4 is 27.5 Å². The lowest BCUT2D eigenvalue weighted by atomic mass is 9.75. The summed E-state index contributed by atoms with van der Waals surface area (Å²) in [5.74, 6) is -1.21. The number of anilines is 1. The average molecular weight is 472 g/mol. The minimum absolute atomic E-state index is 0.212. The van der Waals surface area contributed by atoms with E-state index in [4.69, 9.17) is 4.74 Å². The van der Waals surface area contributed by atoms with Crippen molar-refractivity contribution in [1.82, 2.24) is 9.21 Å². The largest absolute Gasteiger partial charge is 0.371 e. The van der Waals surface area contributed by atoms with Crippen LogP contribution in [-0.2, 0) is 24.3 Å². The maximum Gasteiger partial charge on any atom is 0.252 e. The molecule has 0 aliphatic carbocycles. The van der Waals surface area contributed by atoms with Gasteiger partial charge in [-0.2, -0.15) is 4.31 Å². The molecule has 0 bridgehead atoms. The Hall–Kier alpha value is -2.75. The van der Waals surface area contributed by atoms with E-state index in [1.54, 1.807) is 54.2 Å². The minimum atomic E-state index is -3.65. The molecule has 0 aromatic heterocycles. The molecular weight excluding hydrogens is 442 g/mol. The van der Waals surface area contributed by atoms with E-state index in [1.807, 2.05) is 30.3 Å². The third kappa shape index (κ3) is 3.84. The van der Waals surface area contributed by atoms with E-state index in [0.717, 1.165) is 5.69 Å². The van der Waals surface area contributed by atoms with Crippen molar-refractivity contribution in [2.75, 3.05) is 39.2 Å². The third-order valence-electron chi connectivity index (χ3n) is 7.09. The summed E-state index contributed by atoms with van der Waals surface area (Å²) < 4.78 is 33.2. The van der Waals surface area contributed by atoms with E-state index in [2.05, 4.69) is 0 Å². The number of rotatable bonds is 5. The molecule has 2 amide bonds. The van der Waals surface area contributed by atoms with Crippen LogP contribution in [0.15, 0.2) is 65.6 Å². The smallest absolute Gasteiger partial charge is 0.252 e. The van der Waals surface area contributed by atoms with E-state index in [9.17, 15) is 18.0 Å². The van der Waals surface area contributed by atoms with Crippen LogP contribution in [0.4, 0.5) is 5.69 Å². The van der Waals surface area contributed by atoms with Gasteiger partial charge in [0, 0.05) is 40.0 Å². The molecule has 0 saturated carbocycles. The summed E-state index contributed by atoms with van der Waals surface area (Å²) in [5.41, 5.74) is -0.0979. The number of para-hydroxylation sites is 1. The zero-order valence-electron chi connectivity index (χ0n) is 19.0. The molecule has 1 spiro atoms. The molecule has 0 radical (unpaired) electrons. The van der Waals surface area contributed by atoms with Crippen molar-refractivity contribution < 1.29 is 22.7 Å². The zero-order chi connectivity index (χ0) is 23.8. The number of methoxy groups -OCH3 is 1. The summed E-state index contributed by atoms with van der Waals surface area (Å²) in [6.07, 6.45) is -0.216. The Morgan fingerprint density at radius 1 is 1.03 bits per heavy atom. The predicted molar refractivity (Wildman–Crippen MR) is 124 cm³/mol. The second-order valence-corrected chi connectivity index (χ2v) is 10.5. The molecule has 0 N–H and O–H groups in total. The van der Waals surface area contributed by atoms with Gasteiger partial charge in [0.05, 0.1) is 16.4 Å². The first-order valence-corrected chi connectivity index (χ1v) is 12.4. The Balaban J connectivity index is 1.64. The number of nitrogens with zero attached hydrogens (tertiary/aromatic N) is 3. The van der Waals surface area contributed by atoms with Crippen LogP contribution in [0, 0.1) is 5.92 Å². The van der Waals surface area contributed by atoms with Crippen LogP contribution in [0.2, 0.25) is 0 Å². The van der Waals surface area contributed by atoms with Gasteiger partial charge in [-0.1, -0.05) is 36.4 Å². The van der Waals surface area contributed by atoms with Gasteiger partial charge in [-0.05, 0) is 37.1 Å². The van der Waals surface area contributed by atoms with Gasteiger partial charge < -0.3 is 14.5 Å². The Morgan fingerprint density at radius 2 is 1.58 bits per heavy atom. The van der Waals surface area contributed by atoms with E-state index in [0.29, 0.717) is 12.8 Å². The molecule has 4 rings (SSSR count). The Kier molecular flexibility index (Phi) is 6.30. The number of sulfonamides is 1. The highest BCUT2D eigenvalue weighted by molar-refractivity contribution is 7.89. The summed E-state index contributed by atoms with van der Waals surface area (Å²) >= 11 is 0. The van der Waals surface area contributed by atoms with Gasteiger partial charge in [-0.25, -0.2) is 8.42 Å². The number of carbonyl (C=O) groups excluding carboxylic acids is 2. The summed E-state index contributed by atoms with van der Waals surface area (Å²) in [5, 5.41) is 0. The maximum absolute atomic E-state index is 13.7. The van der Waals surface area contributed by atoms with Gasteiger partial charge in [-0.3, -0.25) is 9.59 Å². The van der Waals surface area contributed by atoms with Gasteiger partial charge in [0.1, 0.15) is 6.10 Å². The van der Waals surface area contributed by atoms with Gasteiger partial charge in [0.2, 0.25) is 15.9 Å². The fourth-order valence-corrected chi connectivity index (χ4v) is 6.59. The number of hydrogen-bond acceptors (Lipinski definition) is 5. The molecule has 8 nitrogen and oxygen atoms in total. The summed E-state index contributed by atoms with van der Waals surface area (Å²) in [6.45, 7) is 0.425. The SMILES string of the molecule is CO[C@H]1C(=O)N(C)C2(CCN(S(=O)(=O)c3ccccc3)CC2)[C@@H]1C(=O)N(C)c1ccccc1. The zero-order valence-corrected chi connectivity index (χ0v) is 19.9. The summed E-state index contributed by atoms with van der Waals surface area (Å²) in [7, 11) is 1.16. The van der Waals surface area contributed by atoms with Gasteiger partial charge >= 0.3 is 0 Å². The first-order valence-electron chi connectivity index (χ1n) is 10.9. The molecule has 2 fully saturated rings. The topological polar surface area (TPSA) is 87.2 Å². The molecular formula is C24H29N3O5S. The third-order valence-corrected chi connectivity index (χ3v) is 9.00. The lowest BCUT2D eigenvalue weighted by Crippen LogP contribution is -2.59. The number of carbonyl (C=O) groups is 2. The number of hydrogen-bond donors (Lipinski definition) is 0. The van der Waals surface area contributed by atoms with Crippen LogP contribution in [-0.4, -0.2) is 75.4 Å². The molecule has 33 heavy (non-hydrogen) atoms. The Bertz CT molecular complexity index is 1120. The standard InChI is InChI=1S/C24H29N3O5S/c1-25(18-10-6-4-7-11-18)22(28)20-21(32-3)23(29)26(2)24(20)14-16-27(17-15-24)33(30,31)19-12-8-5-9-13-19/h4-13,20-21H,14-17H2,1-3H3/t20-,21+/m0/s1. The maximum atomic E-state index is 13.7. The van der Waals surface area contributed by atoms with Crippen molar-refractivity contribution in [3.05, 3.63) is 60.7 Å². The molecule has 2 aliphatic rings. The van der Waals surface area contributed by atoms with Gasteiger partial charge in [0.15, 0.2) is 0 Å². The molecule has 2 aliphatic heterocycles. The van der Waals surface area contributed by atoms with Crippen molar-refractivity contribution in [1.29, 1.82) is 0 Å². The van der Waals surface area contributed by atoms with Crippen LogP contribution >= 0.6 is 0 Å². The van der Waals surface area contributed by atoms with Crippen LogP contribution in [0.5, 0.6) is 0 Å². The van der Waals surface area contributed by atoms with Crippen molar-refractivity contribution in [2.24, 2.45) is 5.92 Å². The minimum Gasteiger partial charge on any atom is -0.371 e. The molecule has 0 unspecified atom stereocenters. The van der Waals surface area contributed by atoms with Gasteiger partial charge in [-0.15, -0.1) is 0 Å². The molecule has 2 aromatic rings. The molecule has 2 atom stereocenters. The quantitative estimate of drug-likeness (QED) is 0.666. The summed E-state index contributed by atoms with van der Waals surface area (Å²) in [4.78, 5) is 30.2. The molecule has 176 valence electrons. The van der Waals surface area contributed by atoms with E-state index in [-0.39, 0.29) is 29.8 Å². The lowest BCUT2D eigenvalue weighted by molar-refractivity contribution is -0.138. The highest BCUT2D eigenvalue weighted by Gasteiger charge is 2.62. The number of piperidine rings is 1. The number of benzene rings is 2. The Labute approximate surface area is 194 Å². The number of amides is 2. The number of likely N-dealkylation sites (N-methyl/N-ethyl adjacent to an activating group) is 1. The predicted octanol–water partition coefficient (Wildman–Crippen LogP) is 1.98. The fourth-order valence-electron chi connectivity index (χ4n) is 5.13.